The first kappa shape index (κ1) is 33.6. The third-order valence-corrected chi connectivity index (χ3v) is 8.70. The van der Waals surface area contributed by atoms with Gasteiger partial charge < -0.3 is 35.8 Å². The van der Waals surface area contributed by atoms with Crippen LogP contribution in [0, 0.1) is 5.92 Å². The van der Waals surface area contributed by atoms with Crippen molar-refractivity contribution in [2.75, 3.05) is 36.9 Å². The number of aryl methyl sites for hydroxylation is 1. The number of aromatic hydroxyl groups is 1. The first-order valence-corrected chi connectivity index (χ1v) is 15.9. The second-order valence-corrected chi connectivity index (χ2v) is 12.2. The molecule has 252 valence electrons. The maximum atomic E-state index is 13.3. The van der Waals surface area contributed by atoms with Crippen molar-refractivity contribution in [3.63, 3.8) is 0 Å². The topological polar surface area (TPSA) is 182 Å². The van der Waals surface area contributed by atoms with Crippen LogP contribution >= 0.6 is 11.6 Å². The molecule has 13 nitrogen and oxygen atoms in total. The Bertz CT molecular complexity index is 2120. The number of aliphatic hydroxyl groups excluding tert-OH is 1. The van der Waals surface area contributed by atoms with E-state index in [1.807, 2.05) is 12.1 Å². The minimum atomic E-state index is -0.779. The molecule has 0 spiro atoms. The van der Waals surface area contributed by atoms with Gasteiger partial charge in [-0.2, -0.15) is 0 Å². The molecule has 49 heavy (non-hydrogen) atoms. The number of aromatic nitrogens is 3. The van der Waals surface area contributed by atoms with Crippen LogP contribution in [0.2, 0.25) is 5.02 Å². The van der Waals surface area contributed by atoms with Gasteiger partial charge in [0.1, 0.15) is 16.8 Å². The summed E-state index contributed by atoms with van der Waals surface area (Å²) >= 11 is 6.80. The summed E-state index contributed by atoms with van der Waals surface area (Å²) in [6.07, 6.45) is 4.99. The molecule has 0 atom stereocenters. The number of likely N-dealkylation sites (tertiary alicyclic amines) is 1. The van der Waals surface area contributed by atoms with Gasteiger partial charge >= 0.3 is 5.97 Å². The van der Waals surface area contributed by atoms with Gasteiger partial charge in [0.05, 0.1) is 28.9 Å². The number of halogens is 1. The minimum absolute atomic E-state index is 0.0419. The molecule has 3 aromatic heterocycles. The van der Waals surface area contributed by atoms with Gasteiger partial charge in [0.15, 0.2) is 5.82 Å². The maximum absolute atomic E-state index is 13.3. The highest BCUT2D eigenvalue weighted by molar-refractivity contribution is 6.36. The van der Waals surface area contributed by atoms with Crippen molar-refractivity contribution < 1.29 is 24.9 Å². The van der Waals surface area contributed by atoms with E-state index in [1.165, 1.54) is 10.6 Å². The number of carboxylic acid groups (broad SMARTS) is 1. The number of phenolic OH excluding ortho intramolecular Hbond substituents is 1. The highest BCUT2D eigenvalue weighted by Crippen LogP contribution is 2.42. The molecule has 6 rings (SSSR count). The van der Waals surface area contributed by atoms with Crippen molar-refractivity contribution in [3.8, 4) is 16.9 Å². The third-order valence-electron chi connectivity index (χ3n) is 8.30. The number of benzene rings is 2. The number of rotatable bonds is 12. The van der Waals surface area contributed by atoms with E-state index in [4.69, 9.17) is 21.8 Å². The van der Waals surface area contributed by atoms with Crippen LogP contribution in [0.3, 0.4) is 0 Å². The molecule has 1 fully saturated rings. The molecule has 4 heterocycles. The number of nitrogens with one attached hydrogen (secondary N) is 3. The molecule has 14 heteroatoms. The molecule has 1 saturated heterocycles. The molecule has 1 aliphatic rings. The molecule has 0 radical (unpaired) electrons. The fourth-order valence-electron chi connectivity index (χ4n) is 5.77. The Morgan fingerprint density at radius 2 is 1.78 bits per heavy atom. The van der Waals surface area contributed by atoms with Gasteiger partial charge in [-0.05, 0) is 41.5 Å². The number of para-hydroxylation sites is 1. The van der Waals surface area contributed by atoms with Crippen molar-refractivity contribution in [3.05, 3.63) is 105 Å². The summed E-state index contributed by atoms with van der Waals surface area (Å²) in [4.78, 5) is 48.4. The van der Waals surface area contributed by atoms with E-state index in [0.29, 0.717) is 66.4 Å². The van der Waals surface area contributed by atoms with E-state index >= 15 is 0 Å². The van der Waals surface area contributed by atoms with E-state index in [-0.39, 0.29) is 34.5 Å². The minimum Gasteiger partial charge on any atom is -0.505 e. The quantitative estimate of drug-likeness (QED) is 0.0828. The third kappa shape index (κ3) is 7.25. The number of hydrogen-bond acceptors (Lipinski definition) is 10. The number of pyridine rings is 3. The number of carboxylic acids is 1. The van der Waals surface area contributed by atoms with Gasteiger partial charge in [-0.3, -0.25) is 24.3 Å². The van der Waals surface area contributed by atoms with Gasteiger partial charge in [-0.25, -0.2) is 4.98 Å². The lowest BCUT2D eigenvalue weighted by Gasteiger charge is -2.36. The fraction of sp³-hybridized carbons (Fsp3) is 0.229. The molecule has 0 bridgehead atoms. The van der Waals surface area contributed by atoms with Crippen LogP contribution in [0.15, 0.2) is 78.0 Å². The fourth-order valence-corrected chi connectivity index (χ4v) is 6.04. The molecule has 0 unspecified atom stereocenters. The number of aliphatic hydroxyl groups is 1. The van der Waals surface area contributed by atoms with Crippen LogP contribution in [0.25, 0.3) is 22.0 Å². The van der Waals surface area contributed by atoms with Crippen LogP contribution in [0.4, 0.5) is 17.2 Å². The monoisotopic (exact) mass is 683 g/mol. The molecule has 2 aromatic carbocycles. The predicted molar refractivity (Wildman–Crippen MR) is 186 cm³/mol. The Morgan fingerprint density at radius 3 is 2.53 bits per heavy atom. The molecular weight excluding hydrogens is 650 g/mol. The summed E-state index contributed by atoms with van der Waals surface area (Å²) in [5, 5.41) is 39.5. The normalized spacial score (nSPS) is 13.3. The average Bonchev–Trinajstić information content (AvgIpc) is 3.06. The zero-order valence-electron chi connectivity index (χ0n) is 26.5. The number of carbonyl (C=O) groups is 2. The Labute approximate surface area is 285 Å². The molecular formula is C35H34ClN7O6. The van der Waals surface area contributed by atoms with Crippen LogP contribution in [-0.2, 0) is 24.9 Å². The van der Waals surface area contributed by atoms with Gasteiger partial charge in [0, 0.05) is 74.9 Å². The van der Waals surface area contributed by atoms with Crippen molar-refractivity contribution in [2.24, 2.45) is 13.0 Å². The Hall–Kier alpha value is -5.34. The standard InChI is InChI=1S/C35H34ClN7O6/c1-42-16-21(14-37-10-11-44)13-26(34(42)47)33(46)41-27-6-2-4-24(29(27)36)25-5-3-7-28(31(25)45)40-32-30-22(8-9-38-32)12-20(15-39-30)17-43-18-23(19-43)35(48)49/h2-9,12-13,15-16,23,37,44-45H,10-11,14,17-19H2,1H3,(H,38,40)(H,41,46)(H,48,49). The second-order valence-electron chi connectivity index (χ2n) is 11.8. The number of hydrogen-bond donors (Lipinski definition) is 6. The number of carbonyl (C=O) groups excluding carboxylic acids is 1. The zero-order valence-corrected chi connectivity index (χ0v) is 27.2. The van der Waals surface area contributed by atoms with Crippen LogP contribution in [0.1, 0.15) is 21.5 Å². The number of phenols is 1. The van der Waals surface area contributed by atoms with Gasteiger partial charge in [-0.15, -0.1) is 0 Å². The first-order valence-electron chi connectivity index (χ1n) is 15.5. The summed E-state index contributed by atoms with van der Waals surface area (Å²) in [6, 6.07) is 15.4. The number of fused-ring (bicyclic) bond motifs is 1. The first-order chi connectivity index (χ1) is 23.6. The predicted octanol–water partition coefficient (Wildman–Crippen LogP) is 3.95. The van der Waals surface area contributed by atoms with Gasteiger partial charge in [0.25, 0.3) is 11.5 Å². The van der Waals surface area contributed by atoms with E-state index in [2.05, 4.69) is 30.8 Å². The Kier molecular flexibility index (Phi) is 9.87. The van der Waals surface area contributed by atoms with E-state index < -0.39 is 17.4 Å². The lowest BCUT2D eigenvalue weighted by Crippen LogP contribution is -2.49. The van der Waals surface area contributed by atoms with Crippen molar-refractivity contribution in [1.29, 1.82) is 0 Å². The van der Waals surface area contributed by atoms with Gasteiger partial charge in [0.2, 0.25) is 0 Å². The highest BCUT2D eigenvalue weighted by Gasteiger charge is 2.32. The van der Waals surface area contributed by atoms with Gasteiger partial charge in [-0.1, -0.05) is 35.9 Å². The second kappa shape index (κ2) is 14.4. The summed E-state index contributed by atoms with van der Waals surface area (Å²) in [5.41, 5.74) is 3.11. The molecule has 1 aliphatic heterocycles. The van der Waals surface area contributed by atoms with Crippen LogP contribution in [0.5, 0.6) is 5.75 Å². The van der Waals surface area contributed by atoms with E-state index in [0.717, 1.165) is 10.9 Å². The molecule has 1 amide bonds. The maximum Gasteiger partial charge on any atom is 0.309 e. The zero-order chi connectivity index (χ0) is 34.7. The summed E-state index contributed by atoms with van der Waals surface area (Å²) in [6.45, 7) is 2.28. The molecule has 0 saturated carbocycles. The molecule has 5 aromatic rings. The smallest absolute Gasteiger partial charge is 0.309 e. The lowest BCUT2D eigenvalue weighted by molar-refractivity contribution is -0.147. The summed E-state index contributed by atoms with van der Waals surface area (Å²) in [7, 11) is 1.56. The average molecular weight is 684 g/mol. The Balaban J connectivity index is 1.22. The van der Waals surface area contributed by atoms with Crippen LogP contribution < -0.4 is 21.5 Å². The lowest BCUT2D eigenvalue weighted by atomic mass is 10.00. The van der Waals surface area contributed by atoms with E-state index in [1.54, 1.807) is 62.0 Å². The SMILES string of the molecule is Cn1cc(CNCCO)cc(C(=O)Nc2cccc(-c3cccc(Nc4nccc5cc(CN6CC(C(=O)O)C6)cnc45)c3O)c2Cl)c1=O. The number of amides is 1. The number of anilines is 3. The highest BCUT2D eigenvalue weighted by atomic mass is 35.5. The molecule has 0 aliphatic carbocycles. The van der Waals surface area contributed by atoms with Crippen molar-refractivity contribution in [2.45, 2.75) is 13.1 Å². The summed E-state index contributed by atoms with van der Waals surface area (Å²) in [5.74, 6) is -1.44. The largest absolute Gasteiger partial charge is 0.505 e. The Morgan fingerprint density at radius 1 is 1.02 bits per heavy atom. The summed E-state index contributed by atoms with van der Waals surface area (Å²) < 4.78 is 1.32. The van der Waals surface area contributed by atoms with Crippen LogP contribution in [-0.4, -0.2) is 72.9 Å². The van der Waals surface area contributed by atoms with Crippen molar-refractivity contribution in [1.82, 2.24) is 24.8 Å². The number of nitrogens with zero attached hydrogens (tertiary/aromatic N) is 4. The van der Waals surface area contributed by atoms with Crippen molar-refractivity contribution >= 4 is 51.6 Å². The molecule has 6 N–H and O–H groups in total. The van der Waals surface area contributed by atoms with E-state index in [9.17, 15) is 19.5 Å². The number of aliphatic carboxylic acids is 1.